The van der Waals surface area contributed by atoms with Crippen molar-refractivity contribution >= 4 is 17.4 Å². The first-order chi connectivity index (χ1) is 12.4. The number of aryl methyl sites for hydroxylation is 2. The number of aromatic nitrogens is 1. The van der Waals surface area contributed by atoms with Crippen LogP contribution in [0.3, 0.4) is 0 Å². The number of amides is 1. The third-order valence-electron chi connectivity index (χ3n) is 4.86. The van der Waals surface area contributed by atoms with Gasteiger partial charge >= 0.3 is 0 Å². The van der Waals surface area contributed by atoms with Crippen LogP contribution >= 0.6 is 0 Å². The molecule has 5 nitrogen and oxygen atoms in total. The minimum absolute atomic E-state index is 0.0159. The van der Waals surface area contributed by atoms with Gasteiger partial charge in [-0.3, -0.25) is 9.69 Å². The number of hydrogen-bond acceptors (Lipinski definition) is 4. The van der Waals surface area contributed by atoms with Crippen molar-refractivity contribution in [3.05, 3.63) is 53.5 Å². The highest BCUT2D eigenvalue weighted by Crippen LogP contribution is 2.19. The molecule has 1 aromatic heterocycles. The first kappa shape index (κ1) is 18.3. The fourth-order valence-electron chi connectivity index (χ4n) is 3.30. The van der Waals surface area contributed by atoms with Gasteiger partial charge in [-0.2, -0.15) is 4.39 Å². The summed E-state index contributed by atoms with van der Waals surface area (Å²) in [6, 6.07) is 10.9. The number of benzene rings is 1. The lowest BCUT2D eigenvalue weighted by Crippen LogP contribution is -2.53. The largest absolute Gasteiger partial charge is 0.351 e. The normalized spacial score (nSPS) is 18.0. The highest BCUT2D eigenvalue weighted by Gasteiger charge is 2.26. The van der Waals surface area contributed by atoms with Gasteiger partial charge in [-0.1, -0.05) is 12.1 Å². The zero-order valence-electron chi connectivity index (χ0n) is 15.5. The Morgan fingerprint density at radius 1 is 1.23 bits per heavy atom. The van der Waals surface area contributed by atoms with E-state index >= 15 is 0 Å². The summed E-state index contributed by atoms with van der Waals surface area (Å²) >= 11 is 0. The predicted molar refractivity (Wildman–Crippen MR) is 102 cm³/mol. The first-order valence-electron chi connectivity index (χ1n) is 8.91. The number of nitrogens with zero attached hydrogens (tertiary/aromatic N) is 3. The molecule has 1 aromatic carbocycles. The Bertz CT molecular complexity index is 795. The maximum atomic E-state index is 13.4. The molecule has 1 N–H and O–H groups in total. The Labute approximate surface area is 153 Å². The minimum atomic E-state index is -0.468. The molecule has 26 heavy (non-hydrogen) atoms. The molecule has 1 aliphatic rings. The van der Waals surface area contributed by atoms with Crippen LogP contribution in [0.15, 0.2) is 36.4 Å². The van der Waals surface area contributed by atoms with E-state index in [1.807, 2.05) is 31.2 Å². The van der Waals surface area contributed by atoms with E-state index in [1.54, 1.807) is 6.07 Å². The van der Waals surface area contributed by atoms with E-state index in [0.29, 0.717) is 18.9 Å². The third kappa shape index (κ3) is 4.38. The maximum absolute atomic E-state index is 13.4. The molecule has 1 saturated heterocycles. The van der Waals surface area contributed by atoms with Crippen molar-refractivity contribution in [2.75, 3.05) is 36.4 Å². The Balaban J connectivity index is 1.55. The number of halogens is 1. The van der Waals surface area contributed by atoms with Crippen LogP contribution in [-0.4, -0.2) is 48.0 Å². The summed E-state index contributed by atoms with van der Waals surface area (Å²) in [7, 11) is 0. The SMILES string of the molecule is Cc1ccc(NC(=O)CN2CCN(c3cccc(F)n3)C(C)C2)cc1C. The van der Waals surface area contributed by atoms with Crippen molar-refractivity contribution in [3.63, 3.8) is 0 Å². The Morgan fingerprint density at radius 3 is 2.73 bits per heavy atom. The van der Waals surface area contributed by atoms with Crippen molar-refractivity contribution in [1.82, 2.24) is 9.88 Å². The van der Waals surface area contributed by atoms with Gasteiger partial charge in [-0.25, -0.2) is 4.98 Å². The predicted octanol–water partition coefficient (Wildman–Crippen LogP) is 2.99. The summed E-state index contributed by atoms with van der Waals surface area (Å²) in [5.41, 5.74) is 3.19. The lowest BCUT2D eigenvalue weighted by atomic mass is 10.1. The monoisotopic (exact) mass is 356 g/mol. The minimum Gasteiger partial charge on any atom is -0.351 e. The number of pyridine rings is 1. The van der Waals surface area contributed by atoms with Crippen LogP contribution in [0.1, 0.15) is 18.1 Å². The fraction of sp³-hybridized carbons (Fsp3) is 0.400. The average Bonchev–Trinajstić information content (AvgIpc) is 2.58. The van der Waals surface area contributed by atoms with Gasteiger partial charge in [0.15, 0.2) is 0 Å². The molecule has 138 valence electrons. The standard InChI is InChI=1S/C20H25FN4O/c1-14-7-8-17(11-15(14)2)22-20(26)13-24-9-10-25(16(3)12-24)19-6-4-5-18(21)23-19/h4-8,11,16H,9-10,12-13H2,1-3H3,(H,22,26). The van der Waals surface area contributed by atoms with Gasteiger partial charge < -0.3 is 10.2 Å². The van der Waals surface area contributed by atoms with Crippen LogP contribution in [-0.2, 0) is 4.79 Å². The smallest absolute Gasteiger partial charge is 0.238 e. The van der Waals surface area contributed by atoms with Gasteiger partial charge in [-0.05, 0) is 56.2 Å². The van der Waals surface area contributed by atoms with E-state index in [9.17, 15) is 9.18 Å². The number of carbonyl (C=O) groups is 1. The van der Waals surface area contributed by atoms with Crippen LogP contribution in [0.5, 0.6) is 0 Å². The summed E-state index contributed by atoms with van der Waals surface area (Å²) in [6.07, 6.45) is 0. The molecule has 1 aliphatic heterocycles. The van der Waals surface area contributed by atoms with Gasteiger partial charge in [-0.15, -0.1) is 0 Å². The van der Waals surface area contributed by atoms with E-state index in [0.717, 1.165) is 24.3 Å². The molecule has 2 heterocycles. The molecule has 0 spiro atoms. The summed E-state index contributed by atoms with van der Waals surface area (Å²) in [6.45, 7) is 8.69. The number of anilines is 2. The molecule has 6 heteroatoms. The van der Waals surface area contributed by atoms with Crippen molar-refractivity contribution in [2.45, 2.75) is 26.8 Å². The van der Waals surface area contributed by atoms with Gasteiger partial charge in [0, 0.05) is 31.4 Å². The van der Waals surface area contributed by atoms with E-state index in [1.165, 1.54) is 11.6 Å². The lowest BCUT2D eigenvalue weighted by Gasteiger charge is -2.40. The van der Waals surface area contributed by atoms with Crippen molar-refractivity contribution < 1.29 is 9.18 Å². The van der Waals surface area contributed by atoms with Gasteiger partial charge in [0.25, 0.3) is 0 Å². The molecule has 0 bridgehead atoms. The van der Waals surface area contributed by atoms with Gasteiger partial charge in [0.1, 0.15) is 5.82 Å². The van der Waals surface area contributed by atoms with E-state index in [2.05, 4.69) is 33.9 Å². The Kier molecular flexibility index (Phi) is 5.52. The zero-order chi connectivity index (χ0) is 18.7. The topological polar surface area (TPSA) is 48.5 Å². The Hall–Kier alpha value is -2.47. The molecule has 0 aliphatic carbocycles. The molecule has 0 saturated carbocycles. The Morgan fingerprint density at radius 2 is 2.04 bits per heavy atom. The molecule has 1 amide bonds. The van der Waals surface area contributed by atoms with Crippen LogP contribution in [0.2, 0.25) is 0 Å². The van der Waals surface area contributed by atoms with Gasteiger partial charge in [0.2, 0.25) is 11.9 Å². The second kappa shape index (κ2) is 7.83. The summed E-state index contributed by atoms with van der Waals surface area (Å²) in [5.74, 6) is 0.166. The quantitative estimate of drug-likeness (QED) is 0.856. The van der Waals surface area contributed by atoms with Crippen LogP contribution in [0.25, 0.3) is 0 Å². The average molecular weight is 356 g/mol. The summed E-state index contributed by atoms with van der Waals surface area (Å²) in [5, 5.41) is 2.97. The molecule has 2 aromatic rings. The summed E-state index contributed by atoms with van der Waals surface area (Å²) < 4.78 is 13.4. The molecule has 1 unspecified atom stereocenters. The summed E-state index contributed by atoms with van der Waals surface area (Å²) in [4.78, 5) is 20.5. The van der Waals surface area contributed by atoms with Crippen LogP contribution in [0, 0.1) is 19.8 Å². The van der Waals surface area contributed by atoms with Crippen LogP contribution in [0.4, 0.5) is 15.9 Å². The van der Waals surface area contributed by atoms with Crippen molar-refractivity contribution in [3.8, 4) is 0 Å². The lowest BCUT2D eigenvalue weighted by molar-refractivity contribution is -0.117. The number of carbonyl (C=O) groups excluding carboxylic acids is 1. The third-order valence-corrected chi connectivity index (χ3v) is 4.86. The fourth-order valence-corrected chi connectivity index (χ4v) is 3.30. The van der Waals surface area contributed by atoms with Crippen molar-refractivity contribution in [2.24, 2.45) is 0 Å². The molecule has 3 rings (SSSR count). The van der Waals surface area contributed by atoms with E-state index in [4.69, 9.17) is 0 Å². The number of rotatable bonds is 4. The molecular weight excluding hydrogens is 331 g/mol. The molecular formula is C20H25FN4O. The molecule has 1 fully saturated rings. The van der Waals surface area contributed by atoms with E-state index in [-0.39, 0.29) is 11.9 Å². The van der Waals surface area contributed by atoms with E-state index < -0.39 is 5.95 Å². The second-order valence-electron chi connectivity index (χ2n) is 6.94. The highest BCUT2D eigenvalue weighted by atomic mass is 19.1. The maximum Gasteiger partial charge on any atom is 0.238 e. The zero-order valence-corrected chi connectivity index (χ0v) is 15.5. The van der Waals surface area contributed by atoms with Gasteiger partial charge in [0.05, 0.1) is 6.54 Å². The second-order valence-corrected chi connectivity index (χ2v) is 6.94. The van der Waals surface area contributed by atoms with Crippen LogP contribution < -0.4 is 10.2 Å². The van der Waals surface area contributed by atoms with Crippen molar-refractivity contribution in [1.29, 1.82) is 0 Å². The highest BCUT2D eigenvalue weighted by molar-refractivity contribution is 5.92. The first-order valence-corrected chi connectivity index (χ1v) is 8.91. The molecule has 1 atom stereocenters. The molecule has 0 radical (unpaired) electrons. The number of hydrogen-bond donors (Lipinski definition) is 1. The number of nitrogens with one attached hydrogen (secondary N) is 1. The number of piperazine rings is 1.